The first-order valence-corrected chi connectivity index (χ1v) is 8.43. The lowest BCUT2D eigenvalue weighted by Crippen LogP contribution is -2.48. The molecule has 1 aromatic heterocycles. The lowest BCUT2D eigenvalue weighted by molar-refractivity contribution is -0.137. The molecule has 2 N–H and O–H groups in total. The first-order chi connectivity index (χ1) is 10.7. The highest BCUT2D eigenvalue weighted by molar-refractivity contribution is 7.13. The number of amides is 2. The Morgan fingerprint density at radius 3 is 3.18 bits per heavy atom. The summed E-state index contributed by atoms with van der Waals surface area (Å²) < 4.78 is 5.37. The molecular weight excluding hydrogens is 304 g/mol. The van der Waals surface area contributed by atoms with E-state index in [1.807, 2.05) is 5.38 Å². The van der Waals surface area contributed by atoms with Crippen LogP contribution in [0, 0.1) is 0 Å². The molecule has 2 aliphatic heterocycles. The van der Waals surface area contributed by atoms with Gasteiger partial charge in [-0.25, -0.2) is 4.98 Å². The van der Waals surface area contributed by atoms with Crippen molar-refractivity contribution in [3.8, 4) is 0 Å². The Bertz CT molecular complexity index is 516. The molecule has 0 bridgehead atoms. The molecule has 0 spiro atoms. The van der Waals surface area contributed by atoms with Crippen LogP contribution in [-0.4, -0.2) is 60.1 Å². The Morgan fingerprint density at radius 2 is 2.45 bits per heavy atom. The molecule has 0 saturated carbocycles. The third-order valence-electron chi connectivity index (χ3n) is 3.96. The second-order valence-electron chi connectivity index (χ2n) is 5.50. The predicted octanol–water partition coefficient (Wildman–Crippen LogP) is 0.451. The molecule has 0 aromatic carbocycles. The molecule has 2 fully saturated rings. The minimum Gasteiger partial charge on any atom is -0.378 e. The summed E-state index contributed by atoms with van der Waals surface area (Å²) in [5.74, 6) is -0.131. The van der Waals surface area contributed by atoms with E-state index in [1.54, 1.807) is 11.1 Å². The van der Waals surface area contributed by atoms with Crippen LogP contribution >= 0.6 is 11.3 Å². The van der Waals surface area contributed by atoms with Gasteiger partial charge in [0.05, 0.1) is 13.2 Å². The van der Waals surface area contributed by atoms with Crippen LogP contribution in [0.5, 0.6) is 0 Å². The highest BCUT2D eigenvalue weighted by Gasteiger charge is 2.35. The van der Waals surface area contributed by atoms with E-state index in [0.717, 1.165) is 13.0 Å². The van der Waals surface area contributed by atoms with Crippen LogP contribution in [0.25, 0.3) is 0 Å². The molecule has 22 heavy (non-hydrogen) atoms. The van der Waals surface area contributed by atoms with Crippen molar-refractivity contribution >= 4 is 28.3 Å². The van der Waals surface area contributed by atoms with E-state index >= 15 is 0 Å². The summed E-state index contributed by atoms with van der Waals surface area (Å²) in [6.45, 7) is 2.65. The summed E-state index contributed by atoms with van der Waals surface area (Å²) in [4.78, 5) is 30.6. The van der Waals surface area contributed by atoms with E-state index in [2.05, 4.69) is 15.6 Å². The fraction of sp³-hybridized carbons (Fsp3) is 0.643. The van der Waals surface area contributed by atoms with E-state index in [9.17, 15) is 9.59 Å². The summed E-state index contributed by atoms with van der Waals surface area (Å²) in [5, 5.41) is 8.44. The van der Waals surface area contributed by atoms with Crippen molar-refractivity contribution < 1.29 is 14.3 Å². The fourth-order valence-electron chi connectivity index (χ4n) is 2.89. The first kappa shape index (κ1) is 15.4. The van der Waals surface area contributed by atoms with E-state index in [0.29, 0.717) is 37.7 Å². The van der Waals surface area contributed by atoms with Gasteiger partial charge < -0.3 is 20.3 Å². The van der Waals surface area contributed by atoms with Crippen LogP contribution in [-0.2, 0) is 14.3 Å². The summed E-state index contributed by atoms with van der Waals surface area (Å²) >= 11 is 1.38. The summed E-state index contributed by atoms with van der Waals surface area (Å²) in [7, 11) is 0. The predicted molar refractivity (Wildman–Crippen MR) is 82.7 cm³/mol. The number of carbonyl (C=O) groups is 2. The van der Waals surface area contributed by atoms with Gasteiger partial charge in [-0.1, -0.05) is 0 Å². The molecule has 1 aromatic rings. The van der Waals surface area contributed by atoms with E-state index in [1.165, 1.54) is 11.3 Å². The van der Waals surface area contributed by atoms with Crippen LogP contribution in [0.2, 0.25) is 0 Å². The molecule has 120 valence electrons. The number of aromatic nitrogens is 1. The van der Waals surface area contributed by atoms with E-state index in [-0.39, 0.29) is 23.9 Å². The highest BCUT2D eigenvalue weighted by Crippen LogP contribution is 2.21. The largest absolute Gasteiger partial charge is 0.378 e. The average molecular weight is 324 g/mol. The van der Waals surface area contributed by atoms with Crippen molar-refractivity contribution in [3.63, 3.8) is 0 Å². The summed E-state index contributed by atoms with van der Waals surface area (Å²) in [5.41, 5.74) is 0. The fourth-order valence-corrected chi connectivity index (χ4v) is 3.42. The van der Waals surface area contributed by atoms with Gasteiger partial charge in [-0.3, -0.25) is 9.59 Å². The van der Waals surface area contributed by atoms with Gasteiger partial charge in [0.2, 0.25) is 11.8 Å². The number of morpholine rings is 1. The van der Waals surface area contributed by atoms with Crippen molar-refractivity contribution in [2.45, 2.75) is 31.3 Å². The summed E-state index contributed by atoms with van der Waals surface area (Å²) in [6, 6.07) is -0.342. The molecule has 0 radical (unpaired) electrons. The van der Waals surface area contributed by atoms with Crippen molar-refractivity contribution in [3.05, 3.63) is 11.6 Å². The Labute approximate surface area is 133 Å². The molecule has 3 heterocycles. The molecule has 2 amide bonds. The molecule has 7 nitrogen and oxygen atoms in total. The maximum absolute atomic E-state index is 12.5. The minimum atomic E-state index is -0.388. The quantitative estimate of drug-likeness (QED) is 0.840. The zero-order chi connectivity index (χ0) is 15.4. The third-order valence-corrected chi connectivity index (χ3v) is 4.65. The SMILES string of the molecule is O=C(Nc1nccs1)C1CCCN1C(=O)CC1COCCN1. The number of ether oxygens (including phenoxy) is 1. The van der Waals surface area contributed by atoms with Crippen LogP contribution in [0.4, 0.5) is 5.13 Å². The van der Waals surface area contributed by atoms with E-state index in [4.69, 9.17) is 4.74 Å². The number of hydrogen-bond donors (Lipinski definition) is 2. The van der Waals surface area contributed by atoms with Crippen LogP contribution in [0.3, 0.4) is 0 Å². The van der Waals surface area contributed by atoms with Crippen molar-refractivity contribution in [1.29, 1.82) is 0 Å². The first-order valence-electron chi connectivity index (χ1n) is 7.55. The van der Waals surface area contributed by atoms with Gasteiger partial charge in [-0.2, -0.15) is 0 Å². The van der Waals surface area contributed by atoms with E-state index < -0.39 is 0 Å². The Hall–Kier alpha value is -1.51. The molecule has 3 rings (SSSR count). The number of anilines is 1. The number of carbonyl (C=O) groups excluding carboxylic acids is 2. The monoisotopic (exact) mass is 324 g/mol. The van der Waals surface area contributed by atoms with Gasteiger partial charge in [0, 0.05) is 37.1 Å². The molecule has 8 heteroatoms. The second-order valence-corrected chi connectivity index (χ2v) is 6.40. The molecule has 2 aliphatic rings. The lowest BCUT2D eigenvalue weighted by atomic mass is 10.1. The van der Waals surface area contributed by atoms with Crippen molar-refractivity contribution in [2.75, 3.05) is 31.6 Å². The van der Waals surface area contributed by atoms with Crippen molar-refractivity contribution in [2.24, 2.45) is 0 Å². The summed E-state index contributed by atoms with van der Waals surface area (Å²) in [6.07, 6.45) is 3.58. The van der Waals surface area contributed by atoms with Gasteiger partial charge >= 0.3 is 0 Å². The van der Waals surface area contributed by atoms with Gasteiger partial charge in [0.15, 0.2) is 5.13 Å². The molecule has 0 aliphatic carbocycles. The Morgan fingerprint density at radius 1 is 1.55 bits per heavy atom. The van der Waals surface area contributed by atoms with Crippen molar-refractivity contribution in [1.82, 2.24) is 15.2 Å². The number of nitrogens with zero attached hydrogens (tertiary/aromatic N) is 2. The zero-order valence-corrected chi connectivity index (χ0v) is 13.1. The number of nitrogens with one attached hydrogen (secondary N) is 2. The number of thiazole rings is 1. The van der Waals surface area contributed by atoms with Crippen LogP contribution in [0.15, 0.2) is 11.6 Å². The second kappa shape index (κ2) is 7.17. The maximum atomic E-state index is 12.5. The standard InChI is InChI=1S/C14H20N4O3S/c19-12(8-10-9-21-6-3-15-10)18-5-1-2-11(18)13(20)17-14-16-4-7-22-14/h4,7,10-11,15H,1-3,5-6,8-9H2,(H,16,17,20). The number of rotatable bonds is 4. The molecular formula is C14H20N4O3S. The third kappa shape index (κ3) is 3.63. The maximum Gasteiger partial charge on any atom is 0.248 e. The number of likely N-dealkylation sites (tertiary alicyclic amines) is 1. The smallest absolute Gasteiger partial charge is 0.248 e. The molecule has 2 unspecified atom stereocenters. The van der Waals surface area contributed by atoms with Crippen LogP contribution < -0.4 is 10.6 Å². The highest BCUT2D eigenvalue weighted by atomic mass is 32.1. The number of hydrogen-bond acceptors (Lipinski definition) is 6. The Balaban J connectivity index is 1.57. The topological polar surface area (TPSA) is 83.6 Å². The molecule has 2 atom stereocenters. The Kier molecular flexibility index (Phi) is 5.01. The van der Waals surface area contributed by atoms with Crippen LogP contribution in [0.1, 0.15) is 19.3 Å². The average Bonchev–Trinajstić information content (AvgIpc) is 3.19. The van der Waals surface area contributed by atoms with Gasteiger partial charge in [-0.05, 0) is 12.8 Å². The zero-order valence-electron chi connectivity index (χ0n) is 12.3. The normalized spacial score (nSPS) is 25.2. The van der Waals surface area contributed by atoms with Gasteiger partial charge in [0.1, 0.15) is 6.04 Å². The molecule has 2 saturated heterocycles. The minimum absolute atomic E-state index is 0.0137. The van der Waals surface area contributed by atoms with Gasteiger partial charge in [-0.15, -0.1) is 11.3 Å². The van der Waals surface area contributed by atoms with Gasteiger partial charge in [0.25, 0.3) is 0 Å². The lowest BCUT2D eigenvalue weighted by Gasteiger charge is -2.28.